The summed E-state index contributed by atoms with van der Waals surface area (Å²) in [4.78, 5) is 6.37. The van der Waals surface area contributed by atoms with Crippen molar-refractivity contribution in [1.82, 2.24) is 9.80 Å². The standard InChI is InChI=1S/C25H33ClN2OS/c26-21-11-9-20(10-12-21)23-7-4-8-24(23)25(29)19-28-15-13-27(14-16-28)17-18-30-22-5-2-1-3-6-22/h1-3,5-6,9-12,23-25,29H,4,7-8,13-19H2. The Morgan fingerprint density at radius 2 is 1.63 bits per heavy atom. The number of halogens is 1. The molecule has 0 bridgehead atoms. The van der Waals surface area contributed by atoms with Crippen LogP contribution >= 0.6 is 23.4 Å². The summed E-state index contributed by atoms with van der Waals surface area (Å²) >= 11 is 8.00. The number of hydrogen-bond acceptors (Lipinski definition) is 4. The van der Waals surface area contributed by atoms with Crippen LogP contribution in [0.15, 0.2) is 59.5 Å². The van der Waals surface area contributed by atoms with Crippen molar-refractivity contribution in [3.8, 4) is 0 Å². The number of piperazine rings is 1. The molecule has 0 aromatic heterocycles. The molecule has 2 fully saturated rings. The molecule has 2 aliphatic rings. The van der Waals surface area contributed by atoms with Gasteiger partial charge in [-0.25, -0.2) is 0 Å². The maximum Gasteiger partial charge on any atom is 0.0701 e. The normalized spacial score (nSPS) is 24.2. The minimum absolute atomic E-state index is 0.242. The molecule has 1 heterocycles. The van der Waals surface area contributed by atoms with E-state index in [2.05, 4.69) is 52.3 Å². The van der Waals surface area contributed by atoms with Crippen molar-refractivity contribution >= 4 is 23.4 Å². The van der Waals surface area contributed by atoms with Crippen LogP contribution in [0.3, 0.4) is 0 Å². The van der Waals surface area contributed by atoms with Crippen molar-refractivity contribution in [3.05, 3.63) is 65.2 Å². The number of aliphatic hydroxyl groups excluding tert-OH is 1. The minimum atomic E-state index is -0.242. The van der Waals surface area contributed by atoms with Crippen LogP contribution < -0.4 is 0 Å². The lowest BCUT2D eigenvalue weighted by molar-refractivity contribution is 0.0388. The molecular formula is C25H33ClN2OS. The maximum absolute atomic E-state index is 11.0. The van der Waals surface area contributed by atoms with Gasteiger partial charge in [0.15, 0.2) is 0 Å². The van der Waals surface area contributed by atoms with E-state index in [4.69, 9.17) is 11.6 Å². The molecule has 162 valence electrons. The van der Waals surface area contributed by atoms with Gasteiger partial charge in [0.2, 0.25) is 0 Å². The Balaban J connectivity index is 1.20. The van der Waals surface area contributed by atoms with Gasteiger partial charge in [-0.3, -0.25) is 9.80 Å². The van der Waals surface area contributed by atoms with Gasteiger partial charge in [-0.1, -0.05) is 48.4 Å². The first-order chi connectivity index (χ1) is 14.7. The molecule has 1 aliphatic carbocycles. The summed E-state index contributed by atoms with van der Waals surface area (Å²) in [7, 11) is 0. The second kappa shape index (κ2) is 11.0. The van der Waals surface area contributed by atoms with Crippen molar-refractivity contribution in [2.45, 2.75) is 36.2 Å². The molecular weight excluding hydrogens is 412 g/mol. The molecule has 0 radical (unpaired) electrons. The lowest BCUT2D eigenvalue weighted by Gasteiger charge is -2.37. The van der Waals surface area contributed by atoms with Crippen molar-refractivity contribution in [3.63, 3.8) is 0 Å². The smallest absolute Gasteiger partial charge is 0.0701 e. The molecule has 1 saturated carbocycles. The third kappa shape index (κ3) is 6.02. The fourth-order valence-electron chi connectivity index (χ4n) is 4.98. The van der Waals surface area contributed by atoms with Crippen molar-refractivity contribution in [2.24, 2.45) is 5.92 Å². The lowest BCUT2D eigenvalue weighted by atomic mass is 9.85. The van der Waals surface area contributed by atoms with Gasteiger partial charge in [0, 0.05) is 54.9 Å². The van der Waals surface area contributed by atoms with Crippen LogP contribution in [0.25, 0.3) is 0 Å². The van der Waals surface area contributed by atoms with Gasteiger partial charge in [-0.05, 0) is 54.5 Å². The first-order valence-electron chi connectivity index (χ1n) is 11.2. The molecule has 1 saturated heterocycles. The van der Waals surface area contributed by atoms with E-state index >= 15 is 0 Å². The maximum atomic E-state index is 11.0. The predicted octanol–water partition coefficient (Wildman–Crippen LogP) is 4.99. The van der Waals surface area contributed by atoms with Crippen LogP contribution in [0.1, 0.15) is 30.7 Å². The Morgan fingerprint density at radius 1 is 0.933 bits per heavy atom. The molecule has 2 aromatic carbocycles. The van der Waals surface area contributed by atoms with E-state index in [0.717, 1.165) is 56.5 Å². The molecule has 3 nitrogen and oxygen atoms in total. The Morgan fingerprint density at radius 3 is 2.37 bits per heavy atom. The van der Waals surface area contributed by atoms with Crippen molar-refractivity contribution in [1.29, 1.82) is 0 Å². The van der Waals surface area contributed by atoms with E-state index in [-0.39, 0.29) is 6.10 Å². The Hall–Kier alpha value is -1.04. The summed E-state index contributed by atoms with van der Waals surface area (Å²) in [6.45, 7) is 6.27. The average molecular weight is 445 g/mol. The monoisotopic (exact) mass is 444 g/mol. The average Bonchev–Trinajstić information content (AvgIpc) is 3.26. The van der Waals surface area contributed by atoms with Gasteiger partial charge < -0.3 is 5.11 Å². The molecule has 4 rings (SSSR count). The lowest BCUT2D eigenvalue weighted by Crippen LogP contribution is -2.50. The fraction of sp³-hybridized carbons (Fsp3) is 0.520. The Kier molecular flexibility index (Phi) is 8.14. The van der Waals surface area contributed by atoms with Crippen LogP contribution in [0.5, 0.6) is 0 Å². The highest BCUT2D eigenvalue weighted by molar-refractivity contribution is 7.99. The first-order valence-corrected chi connectivity index (χ1v) is 12.6. The first kappa shape index (κ1) is 22.2. The number of benzene rings is 2. The summed E-state index contributed by atoms with van der Waals surface area (Å²) in [5.74, 6) is 1.97. The number of thioether (sulfide) groups is 1. The second-order valence-corrected chi connectivity index (χ2v) is 10.2. The van der Waals surface area contributed by atoms with Crippen LogP contribution in [0.4, 0.5) is 0 Å². The van der Waals surface area contributed by atoms with E-state index in [1.165, 1.54) is 23.3 Å². The van der Waals surface area contributed by atoms with E-state index in [0.29, 0.717) is 11.8 Å². The summed E-state index contributed by atoms with van der Waals surface area (Å²) in [6.07, 6.45) is 3.27. The van der Waals surface area contributed by atoms with Crippen molar-refractivity contribution < 1.29 is 5.11 Å². The van der Waals surface area contributed by atoms with Gasteiger partial charge in [0.1, 0.15) is 0 Å². The molecule has 0 amide bonds. The van der Waals surface area contributed by atoms with Crippen LogP contribution in [-0.2, 0) is 0 Å². The van der Waals surface area contributed by atoms with Crippen LogP contribution in [0.2, 0.25) is 5.02 Å². The summed E-state index contributed by atoms with van der Waals surface area (Å²) < 4.78 is 0. The Labute approximate surface area is 190 Å². The van der Waals surface area contributed by atoms with E-state index in [1.54, 1.807) is 0 Å². The number of aliphatic hydroxyl groups is 1. The zero-order chi connectivity index (χ0) is 20.8. The van der Waals surface area contributed by atoms with Gasteiger partial charge in [0.05, 0.1) is 6.10 Å². The molecule has 0 spiro atoms. The quantitative estimate of drug-likeness (QED) is 0.580. The third-order valence-electron chi connectivity index (χ3n) is 6.69. The molecule has 5 heteroatoms. The van der Waals surface area contributed by atoms with Gasteiger partial charge in [-0.2, -0.15) is 0 Å². The SMILES string of the molecule is OC(CN1CCN(CCSc2ccccc2)CC1)C1CCCC1c1ccc(Cl)cc1. The Bertz CT molecular complexity index is 764. The van der Waals surface area contributed by atoms with Crippen molar-refractivity contribution in [2.75, 3.05) is 45.0 Å². The molecule has 1 aliphatic heterocycles. The predicted molar refractivity (Wildman–Crippen MR) is 128 cm³/mol. The number of hydrogen-bond donors (Lipinski definition) is 1. The summed E-state index contributed by atoms with van der Waals surface area (Å²) in [6, 6.07) is 18.9. The molecule has 1 N–H and O–H groups in total. The third-order valence-corrected chi connectivity index (χ3v) is 7.94. The highest BCUT2D eigenvalue weighted by atomic mass is 35.5. The van der Waals surface area contributed by atoms with Crippen LogP contribution in [0, 0.1) is 5.92 Å². The number of β-amino-alcohol motifs (C(OH)–C–C–N with tert-alkyl or cyclic N) is 1. The fourth-order valence-corrected chi connectivity index (χ4v) is 6.04. The van der Waals surface area contributed by atoms with E-state index < -0.39 is 0 Å². The highest BCUT2D eigenvalue weighted by Crippen LogP contribution is 2.42. The number of rotatable bonds is 8. The summed E-state index contributed by atoms with van der Waals surface area (Å²) in [5.41, 5.74) is 1.33. The largest absolute Gasteiger partial charge is 0.391 e. The minimum Gasteiger partial charge on any atom is -0.391 e. The molecule has 2 aromatic rings. The number of nitrogens with zero attached hydrogens (tertiary/aromatic N) is 2. The second-order valence-electron chi connectivity index (χ2n) is 8.62. The van der Waals surface area contributed by atoms with E-state index in [9.17, 15) is 5.11 Å². The molecule has 3 atom stereocenters. The summed E-state index contributed by atoms with van der Waals surface area (Å²) in [5, 5.41) is 11.8. The highest BCUT2D eigenvalue weighted by Gasteiger charge is 2.34. The zero-order valence-electron chi connectivity index (χ0n) is 17.6. The van der Waals surface area contributed by atoms with Gasteiger partial charge in [-0.15, -0.1) is 11.8 Å². The van der Waals surface area contributed by atoms with Gasteiger partial charge in [0.25, 0.3) is 0 Å². The zero-order valence-corrected chi connectivity index (χ0v) is 19.2. The molecule has 3 unspecified atom stereocenters. The topological polar surface area (TPSA) is 26.7 Å². The van der Waals surface area contributed by atoms with E-state index in [1.807, 2.05) is 23.9 Å². The van der Waals surface area contributed by atoms with Crippen LogP contribution in [-0.4, -0.2) is 66.0 Å². The molecule has 30 heavy (non-hydrogen) atoms. The van der Waals surface area contributed by atoms with Gasteiger partial charge >= 0.3 is 0 Å².